The third kappa shape index (κ3) is 2.63. The third-order valence-electron chi connectivity index (χ3n) is 2.97. The fourth-order valence-corrected chi connectivity index (χ4v) is 1.92. The molecule has 0 saturated carbocycles. The molecule has 0 aliphatic carbocycles. The van der Waals surface area contributed by atoms with Crippen molar-refractivity contribution in [1.82, 2.24) is 4.90 Å². The van der Waals surface area contributed by atoms with E-state index in [-0.39, 0.29) is 0 Å². The molecule has 2 nitrogen and oxygen atoms in total. The van der Waals surface area contributed by atoms with Gasteiger partial charge >= 0.3 is 0 Å². The van der Waals surface area contributed by atoms with Gasteiger partial charge in [-0.3, -0.25) is 4.90 Å². The highest BCUT2D eigenvalue weighted by molar-refractivity contribution is 5.26. The third-order valence-corrected chi connectivity index (χ3v) is 2.97. The Morgan fingerprint density at radius 3 is 2.06 bits per heavy atom. The van der Waals surface area contributed by atoms with Crippen molar-refractivity contribution in [3.05, 3.63) is 35.9 Å². The molecule has 2 rings (SSSR count). The molecule has 0 bridgehead atoms. The molecule has 1 heterocycles. The molecular formula is C14H23NO. The maximum Gasteiger partial charge on any atom is 0.115 e. The van der Waals surface area contributed by atoms with Gasteiger partial charge in [0, 0.05) is 19.1 Å². The van der Waals surface area contributed by atoms with Crippen LogP contribution in [0.25, 0.3) is 0 Å². The second-order valence-corrected chi connectivity index (χ2v) is 4.40. The minimum absolute atomic E-state index is 0.527. The highest BCUT2D eigenvalue weighted by Gasteiger charge is 2.43. The smallest absolute Gasteiger partial charge is 0.115 e. The number of aliphatic hydroxyl groups is 1. The minimum Gasteiger partial charge on any atom is -0.382 e. The van der Waals surface area contributed by atoms with Crippen molar-refractivity contribution < 1.29 is 5.11 Å². The predicted octanol–water partition coefficient (Wildman–Crippen LogP) is 2.62. The Bertz CT molecular complexity index is 302. The average Bonchev–Trinajstić information content (AvgIpc) is 2.28. The first kappa shape index (κ1) is 13.2. The molecule has 1 aliphatic rings. The van der Waals surface area contributed by atoms with E-state index in [9.17, 15) is 5.11 Å². The molecule has 16 heavy (non-hydrogen) atoms. The van der Waals surface area contributed by atoms with Gasteiger partial charge in [0.25, 0.3) is 0 Å². The Balaban J connectivity index is 0.000000606. The summed E-state index contributed by atoms with van der Waals surface area (Å²) in [6.07, 6.45) is 0. The van der Waals surface area contributed by atoms with E-state index in [4.69, 9.17) is 0 Å². The van der Waals surface area contributed by atoms with Crippen LogP contribution < -0.4 is 0 Å². The summed E-state index contributed by atoms with van der Waals surface area (Å²) in [6, 6.07) is 10.5. The van der Waals surface area contributed by atoms with E-state index in [0.29, 0.717) is 6.04 Å². The molecule has 1 aromatic rings. The molecule has 1 aliphatic heterocycles. The first-order valence-electron chi connectivity index (χ1n) is 6.14. The molecule has 0 aromatic heterocycles. The van der Waals surface area contributed by atoms with Crippen molar-refractivity contribution in [3.8, 4) is 0 Å². The summed E-state index contributed by atoms with van der Waals surface area (Å²) in [4.78, 5) is 2.27. The quantitative estimate of drug-likeness (QED) is 0.830. The van der Waals surface area contributed by atoms with Gasteiger partial charge in [-0.1, -0.05) is 44.2 Å². The zero-order valence-electron chi connectivity index (χ0n) is 10.8. The predicted molar refractivity (Wildman–Crippen MR) is 68.4 cm³/mol. The van der Waals surface area contributed by atoms with Crippen molar-refractivity contribution in [2.24, 2.45) is 0 Å². The van der Waals surface area contributed by atoms with Gasteiger partial charge < -0.3 is 5.11 Å². The van der Waals surface area contributed by atoms with Crippen molar-refractivity contribution in [3.63, 3.8) is 0 Å². The van der Waals surface area contributed by atoms with Crippen LogP contribution in [0.1, 0.15) is 33.3 Å². The molecule has 0 atom stereocenters. The summed E-state index contributed by atoms with van der Waals surface area (Å²) in [7, 11) is 0. The Hall–Kier alpha value is -0.860. The average molecular weight is 221 g/mol. The zero-order valence-corrected chi connectivity index (χ0v) is 10.8. The molecule has 1 fully saturated rings. The molecule has 2 heteroatoms. The van der Waals surface area contributed by atoms with Crippen molar-refractivity contribution in [2.45, 2.75) is 39.3 Å². The van der Waals surface area contributed by atoms with E-state index in [2.05, 4.69) is 18.7 Å². The summed E-state index contributed by atoms with van der Waals surface area (Å²) in [6.45, 7) is 9.83. The van der Waals surface area contributed by atoms with Crippen LogP contribution in [-0.2, 0) is 5.60 Å². The molecule has 90 valence electrons. The van der Waals surface area contributed by atoms with Crippen LogP contribution in [0.3, 0.4) is 0 Å². The first-order valence-corrected chi connectivity index (χ1v) is 6.14. The van der Waals surface area contributed by atoms with Gasteiger partial charge in [0.1, 0.15) is 5.60 Å². The number of likely N-dealkylation sites (tertiary alicyclic amines) is 1. The van der Waals surface area contributed by atoms with Crippen LogP contribution >= 0.6 is 0 Å². The number of nitrogens with zero attached hydrogens (tertiary/aromatic N) is 1. The normalized spacial score (nSPS) is 18.6. The first-order chi connectivity index (χ1) is 7.62. The number of hydrogen-bond donors (Lipinski definition) is 1. The topological polar surface area (TPSA) is 23.5 Å². The fraction of sp³-hybridized carbons (Fsp3) is 0.571. The SMILES string of the molecule is CC.CC(C)N1CC(O)(c2ccccc2)C1. The number of rotatable bonds is 2. The van der Waals surface area contributed by atoms with E-state index in [1.807, 2.05) is 44.2 Å². The van der Waals surface area contributed by atoms with Gasteiger partial charge in [-0.05, 0) is 19.4 Å². The highest BCUT2D eigenvalue weighted by atomic mass is 16.3. The van der Waals surface area contributed by atoms with E-state index in [0.717, 1.165) is 18.7 Å². The lowest BCUT2D eigenvalue weighted by Crippen LogP contribution is -2.61. The second kappa shape index (κ2) is 5.46. The van der Waals surface area contributed by atoms with Gasteiger partial charge in [0.15, 0.2) is 0 Å². The standard InChI is InChI=1S/C12H17NO.C2H6/c1-10(2)13-8-12(14,9-13)11-6-4-3-5-7-11;1-2/h3-7,10,14H,8-9H2,1-2H3;1-2H3. The van der Waals surface area contributed by atoms with Gasteiger partial charge in [-0.25, -0.2) is 0 Å². The lowest BCUT2D eigenvalue weighted by molar-refractivity contribution is -0.116. The molecular weight excluding hydrogens is 198 g/mol. The Labute approximate surface area is 98.9 Å². The van der Waals surface area contributed by atoms with Crippen LogP contribution in [0, 0.1) is 0 Å². The largest absolute Gasteiger partial charge is 0.382 e. The molecule has 0 radical (unpaired) electrons. The van der Waals surface area contributed by atoms with E-state index < -0.39 is 5.60 Å². The summed E-state index contributed by atoms with van der Waals surface area (Å²) < 4.78 is 0. The van der Waals surface area contributed by atoms with E-state index in [1.165, 1.54) is 0 Å². The maximum atomic E-state index is 10.3. The van der Waals surface area contributed by atoms with Gasteiger partial charge in [-0.2, -0.15) is 0 Å². The molecule has 1 saturated heterocycles. The Morgan fingerprint density at radius 1 is 1.12 bits per heavy atom. The highest BCUT2D eigenvalue weighted by Crippen LogP contribution is 2.32. The molecule has 0 unspecified atom stereocenters. The van der Waals surface area contributed by atoms with Crippen molar-refractivity contribution >= 4 is 0 Å². The van der Waals surface area contributed by atoms with Crippen LogP contribution in [0.15, 0.2) is 30.3 Å². The van der Waals surface area contributed by atoms with Crippen molar-refractivity contribution in [2.75, 3.05) is 13.1 Å². The summed E-state index contributed by atoms with van der Waals surface area (Å²) >= 11 is 0. The lowest BCUT2D eigenvalue weighted by Gasteiger charge is -2.49. The number of hydrogen-bond acceptors (Lipinski definition) is 2. The van der Waals surface area contributed by atoms with Crippen LogP contribution in [-0.4, -0.2) is 29.1 Å². The molecule has 1 aromatic carbocycles. The number of β-amino-alcohol motifs (C(OH)–C–C–N with tert-alkyl or cyclic N) is 1. The summed E-state index contributed by atoms with van der Waals surface area (Å²) in [5, 5.41) is 10.3. The lowest BCUT2D eigenvalue weighted by atomic mass is 9.85. The number of benzene rings is 1. The summed E-state index contributed by atoms with van der Waals surface area (Å²) in [5.74, 6) is 0. The van der Waals surface area contributed by atoms with Gasteiger partial charge in [0.2, 0.25) is 0 Å². The van der Waals surface area contributed by atoms with E-state index >= 15 is 0 Å². The van der Waals surface area contributed by atoms with E-state index in [1.54, 1.807) is 0 Å². The summed E-state index contributed by atoms with van der Waals surface area (Å²) in [5.41, 5.74) is 0.433. The zero-order chi connectivity index (χ0) is 12.2. The van der Waals surface area contributed by atoms with Crippen LogP contribution in [0.5, 0.6) is 0 Å². The Morgan fingerprint density at radius 2 is 1.62 bits per heavy atom. The molecule has 1 N–H and O–H groups in total. The second-order valence-electron chi connectivity index (χ2n) is 4.40. The van der Waals surface area contributed by atoms with Crippen LogP contribution in [0.4, 0.5) is 0 Å². The van der Waals surface area contributed by atoms with Gasteiger partial charge in [-0.15, -0.1) is 0 Å². The molecule has 0 amide bonds. The monoisotopic (exact) mass is 221 g/mol. The van der Waals surface area contributed by atoms with Gasteiger partial charge in [0.05, 0.1) is 0 Å². The molecule has 0 spiro atoms. The van der Waals surface area contributed by atoms with Crippen LogP contribution in [0.2, 0.25) is 0 Å². The minimum atomic E-state index is -0.606. The van der Waals surface area contributed by atoms with Crippen molar-refractivity contribution in [1.29, 1.82) is 0 Å². The maximum absolute atomic E-state index is 10.3. The Kier molecular flexibility index (Phi) is 4.51. The fourth-order valence-electron chi connectivity index (χ4n) is 1.92.